The number of nitrogens with one attached hydrogen (secondary N) is 1. The first-order valence-electron chi connectivity index (χ1n) is 9.55. The molecule has 0 bridgehead atoms. The van der Waals surface area contributed by atoms with Gasteiger partial charge in [0, 0.05) is 36.3 Å². The number of hydrogen-bond acceptors (Lipinski definition) is 4. The van der Waals surface area contributed by atoms with Crippen LogP contribution in [0.1, 0.15) is 32.3 Å². The number of carbonyl (C=O) groups excluding carboxylic acids is 2. The largest absolute Gasteiger partial charge is 0.483 e. The molecule has 2 aromatic rings. The van der Waals surface area contributed by atoms with Crippen molar-refractivity contribution in [2.24, 2.45) is 0 Å². The van der Waals surface area contributed by atoms with Crippen LogP contribution >= 0.6 is 0 Å². The molecule has 2 aliphatic heterocycles. The van der Waals surface area contributed by atoms with Crippen LogP contribution in [-0.2, 0) is 16.0 Å². The molecule has 28 heavy (non-hydrogen) atoms. The highest BCUT2D eigenvalue weighted by atomic mass is 16.5. The SMILES string of the molecule is CC1(C)Cc2cccc(OCC(=O)Nc3ccc(N4CCCC4=O)cc3)c2O1. The van der Waals surface area contributed by atoms with Gasteiger partial charge in [-0.15, -0.1) is 0 Å². The average Bonchev–Trinajstić information content (AvgIpc) is 3.22. The molecule has 4 rings (SSSR count). The lowest BCUT2D eigenvalue weighted by molar-refractivity contribution is -0.118. The fourth-order valence-electron chi connectivity index (χ4n) is 3.69. The summed E-state index contributed by atoms with van der Waals surface area (Å²) in [7, 11) is 0. The number of fused-ring (bicyclic) bond motifs is 1. The molecule has 0 saturated carbocycles. The van der Waals surface area contributed by atoms with Crippen LogP contribution in [-0.4, -0.2) is 30.6 Å². The predicted molar refractivity (Wildman–Crippen MR) is 107 cm³/mol. The molecule has 0 aromatic heterocycles. The number of rotatable bonds is 5. The van der Waals surface area contributed by atoms with Crippen molar-refractivity contribution in [1.82, 2.24) is 0 Å². The van der Waals surface area contributed by atoms with Gasteiger partial charge in [-0.1, -0.05) is 12.1 Å². The number of nitrogens with zero attached hydrogens (tertiary/aromatic N) is 1. The number of ether oxygens (including phenoxy) is 2. The minimum absolute atomic E-state index is 0.105. The van der Waals surface area contributed by atoms with Gasteiger partial charge in [0.1, 0.15) is 5.60 Å². The Hall–Kier alpha value is -3.02. The van der Waals surface area contributed by atoms with Crippen LogP contribution in [0.3, 0.4) is 0 Å². The van der Waals surface area contributed by atoms with Crippen molar-refractivity contribution in [2.45, 2.75) is 38.7 Å². The fraction of sp³-hybridized carbons (Fsp3) is 0.364. The maximum Gasteiger partial charge on any atom is 0.262 e. The number of anilines is 2. The van der Waals surface area contributed by atoms with Gasteiger partial charge in [-0.2, -0.15) is 0 Å². The van der Waals surface area contributed by atoms with Gasteiger partial charge in [0.25, 0.3) is 5.91 Å². The zero-order valence-corrected chi connectivity index (χ0v) is 16.2. The second-order valence-electron chi connectivity index (χ2n) is 7.82. The van der Waals surface area contributed by atoms with Crippen molar-refractivity contribution in [1.29, 1.82) is 0 Å². The number of hydrogen-bond donors (Lipinski definition) is 1. The van der Waals surface area contributed by atoms with E-state index in [-0.39, 0.29) is 24.0 Å². The summed E-state index contributed by atoms with van der Waals surface area (Å²) in [6.07, 6.45) is 2.30. The Kier molecular flexibility index (Phi) is 4.71. The van der Waals surface area contributed by atoms with Crippen LogP contribution in [0.2, 0.25) is 0 Å². The highest BCUT2D eigenvalue weighted by molar-refractivity contribution is 5.96. The minimum Gasteiger partial charge on any atom is -0.483 e. The van der Waals surface area contributed by atoms with E-state index >= 15 is 0 Å². The molecule has 0 unspecified atom stereocenters. The van der Waals surface area contributed by atoms with Crippen LogP contribution in [0.4, 0.5) is 11.4 Å². The van der Waals surface area contributed by atoms with Gasteiger partial charge in [-0.25, -0.2) is 0 Å². The Morgan fingerprint density at radius 1 is 1.21 bits per heavy atom. The van der Waals surface area contributed by atoms with Crippen LogP contribution < -0.4 is 19.7 Å². The van der Waals surface area contributed by atoms with Crippen LogP contribution in [0.5, 0.6) is 11.5 Å². The van der Waals surface area contributed by atoms with Gasteiger partial charge in [0.2, 0.25) is 5.91 Å². The van der Waals surface area contributed by atoms with Crippen molar-refractivity contribution < 1.29 is 19.1 Å². The Morgan fingerprint density at radius 2 is 2.00 bits per heavy atom. The summed E-state index contributed by atoms with van der Waals surface area (Å²) in [5.74, 6) is 1.20. The van der Waals surface area contributed by atoms with Gasteiger partial charge in [0.05, 0.1) is 0 Å². The number of benzene rings is 2. The highest BCUT2D eigenvalue weighted by Crippen LogP contribution is 2.41. The van der Waals surface area contributed by atoms with Crippen LogP contribution in [0, 0.1) is 0 Å². The standard InChI is InChI=1S/C22H24N2O4/c1-22(2)13-15-5-3-6-18(21(15)28-22)27-14-19(25)23-16-8-10-17(11-9-16)24-12-4-7-20(24)26/h3,5-6,8-11H,4,7,12-14H2,1-2H3,(H,23,25). The monoisotopic (exact) mass is 380 g/mol. The molecule has 6 heteroatoms. The third-order valence-electron chi connectivity index (χ3n) is 4.95. The first kappa shape index (κ1) is 18.3. The summed E-state index contributed by atoms with van der Waals surface area (Å²) in [5.41, 5.74) is 2.36. The van der Waals surface area contributed by atoms with Gasteiger partial charge in [0.15, 0.2) is 18.1 Å². The zero-order valence-electron chi connectivity index (χ0n) is 16.2. The average molecular weight is 380 g/mol. The number of amides is 2. The number of para-hydroxylation sites is 1. The Bertz CT molecular complexity index is 905. The molecule has 0 aliphatic carbocycles. The first-order chi connectivity index (χ1) is 13.4. The summed E-state index contributed by atoms with van der Waals surface area (Å²) >= 11 is 0. The van der Waals surface area contributed by atoms with E-state index in [0.29, 0.717) is 17.9 Å². The molecule has 6 nitrogen and oxygen atoms in total. The fourth-order valence-corrected chi connectivity index (χ4v) is 3.69. The van der Waals surface area contributed by atoms with Crippen molar-refractivity contribution in [3.8, 4) is 11.5 Å². The second kappa shape index (κ2) is 7.19. The van der Waals surface area contributed by atoms with Crippen molar-refractivity contribution in [2.75, 3.05) is 23.4 Å². The van der Waals surface area contributed by atoms with Crippen molar-refractivity contribution in [3.05, 3.63) is 48.0 Å². The van der Waals surface area contributed by atoms with E-state index in [9.17, 15) is 9.59 Å². The molecule has 1 fully saturated rings. The summed E-state index contributed by atoms with van der Waals surface area (Å²) < 4.78 is 11.7. The molecule has 0 radical (unpaired) electrons. The Labute approximate surface area is 164 Å². The molecule has 2 aliphatic rings. The molecule has 2 amide bonds. The Morgan fingerprint density at radius 3 is 2.71 bits per heavy atom. The maximum atomic E-state index is 12.3. The molecule has 1 N–H and O–H groups in total. The van der Waals surface area contributed by atoms with E-state index in [0.717, 1.165) is 36.4 Å². The smallest absolute Gasteiger partial charge is 0.262 e. The molecule has 0 atom stereocenters. The van der Waals surface area contributed by atoms with E-state index in [1.54, 1.807) is 17.0 Å². The molecule has 146 valence electrons. The van der Waals surface area contributed by atoms with Gasteiger partial charge in [-0.3, -0.25) is 9.59 Å². The lowest BCUT2D eigenvalue weighted by atomic mass is 10.0. The molecule has 2 heterocycles. The van der Waals surface area contributed by atoms with E-state index in [2.05, 4.69) is 5.32 Å². The third kappa shape index (κ3) is 3.81. The maximum absolute atomic E-state index is 12.3. The highest BCUT2D eigenvalue weighted by Gasteiger charge is 2.32. The zero-order chi connectivity index (χ0) is 19.7. The van der Waals surface area contributed by atoms with E-state index in [1.807, 2.05) is 44.2 Å². The molecular weight excluding hydrogens is 356 g/mol. The van der Waals surface area contributed by atoms with Crippen molar-refractivity contribution in [3.63, 3.8) is 0 Å². The van der Waals surface area contributed by atoms with E-state index in [4.69, 9.17) is 9.47 Å². The van der Waals surface area contributed by atoms with Gasteiger partial charge < -0.3 is 19.7 Å². The van der Waals surface area contributed by atoms with Crippen LogP contribution in [0.15, 0.2) is 42.5 Å². The normalized spacial score (nSPS) is 17.2. The summed E-state index contributed by atoms with van der Waals surface area (Å²) in [6.45, 7) is 4.71. The minimum atomic E-state index is -0.261. The van der Waals surface area contributed by atoms with E-state index < -0.39 is 0 Å². The summed E-state index contributed by atoms with van der Waals surface area (Å²) in [4.78, 5) is 25.8. The number of carbonyl (C=O) groups is 2. The Balaban J connectivity index is 1.35. The third-order valence-corrected chi connectivity index (χ3v) is 4.95. The first-order valence-corrected chi connectivity index (χ1v) is 9.55. The van der Waals surface area contributed by atoms with Crippen molar-refractivity contribution >= 4 is 23.2 Å². The quantitative estimate of drug-likeness (QED) is 0.861. The predicted octanol–water partition coefficient (Wildman–Crippen LogP) is 3.54. The summed E-state index contributed by atoms with van der Waals surface area (Å²) in [5, 5.41) is 2.82. The lowest BCUT2D eigenvalue weighted by Crippen LogP contribution is -2.25. The van der Waals surface area contributed by atoms with E-state index in [1.165, 1.54) is 0 Å². The van der Waals surface area contributed by atoms with Crippen LogP contribution in [0.25, 0.3) is 0 Å². The molecular formula is C22H24N2O4. The van der Waals surface area contributed by atoms with Gasteiger partial charge in [-0.05, 0) is 50.6 Å². The summed E-state index contributed by atoms with van der Waals surface area (Å²) in [6, 6.07) is 13.0. The molecule has 1 saturated heterocycles. The van der Waals surface area contributed by atoms with Gasteiger partial charge >= 0.3 is 0 Å². The lowest BCUT2D eigenvalue weighted by Gasteiger charge is -2.18. The topological polar surface area (TPSA) is 67.9 Å². The molecule has 0 spiro atoms. The molecule has 2 aromatic carbocycles. The second-order valence-corrected chi connectivity index (χ2v) is 7.82.